The first-order chi connectivity index (χ1) is 13.6. The molecule has 142 valence electrons. The van der Waals surface area contributed by atoms with Crippen molar-refractivity contribution in [2.45, 2.75) is 36.3 Å². The van der Waals surface area contributed by atoms with Gasteiger partial charge in [-0.25, -0.2) is 0 Å². The molecule has 0 N–H and O–H groups in total. The molecule has 0 atom stereocenters. The van der Waals surface area contributed by atoms with Crippen molar-refractivity contribution >= 4 is 45.3 Å². The number of hydrogen-bond donors (Lipinski definition) is 0. The topological polar surface area (TPSA) is 9.23 Å². The van der Waals surface area contributed by atoms with Crippen LogP contribution in [0.3, 0.4) is 0 Å². The molecule has 4 rings (SSSR count). The minimum absolute atomic E-state index is 0.0808. The molecule has 0 bridgehead atoms. The van der Waals surface area contributed by atoms with Crippen LogP contribution in [0.15, 0.2) is 95.2 Å². The van der Waals surface area contributed by atoms with E-state index in [-0.39, 0.29) is 10.9 Å². The standard InChI is InChI=1S/C23H21OS4/c1-16-4-8-18(9-5-16)28(19-10-6-17(2)7-11-19)23-15-14-22(27-23)26-21-13-12-20(24-3)25-21/h4-15H,1-3H3/q+1. The van der Waals surface area contributed by atoms with E-state index in [2.05, 4.69) is 80.6 Å². The summed E-state index contributed by atoms with van der Waals surface area (Å²) in [7, 11) is 1.64. The zero-order valence-corrected chi connectivity index (χ0v) is 19.2. The molecular weight excluding hydrogens is 421 g/mol. The van der Waals surface area contributed by atoms with Crippen molar-refractivity contribution in [3.63, 3.8) is 0 Å². The molecule has 0 radical (unpaired) electrons. The Morgan fingerprint density at radius 3 is 1.75 bits per heavy atom. The van der Waals surface area contributed by atoms with Crippen LogP contribution in [-0.2, 0) is 10.9 Å². The van der Waals surface area contributed by atoms with E-state index in [0.29, 0.717) is 0 Å². The van der Waals surface area contributed by atoms with Crippen LogP contribution in [0.1, 0.15) is 11.1 Å². The van der Waals surface area contributed by atoms with Gasteiger partial charge in [0.05, 0.1) is 15.5 Å². The maximum Gasteiger partial charge on any atom is 0.221 e. The van der Waals surface area contributed by atoms with Crippen LogP contribution in [0.2, 0.25) is 0 Å². The Balaban J connectivity index is 1.67. The van der Waals surface area contributed by atoms with E-state index in [9.17, 15) is 0 Å². The molecule has 0 saturated carbocycles. The molecule has 28 heavy (non-hydrogen) atoms. The summed E-state index contributed by atoms with van der Waals surface area (Å²) in [5.41, 5.74) is 2.59. The summed E-state index contributed by atoms with van der Waals surface area (Å²) < 4.78 is 9.30. The molecule has 0 amide bonds. The summed E-state index contributed by atoms with van der Waals surface area (Å²) in [5.74, 6) is 0. The lowest BCUT2D eigenvalue weighted by atomic mass is 10.2. The Morgan fingerprint density at radius 2 is 1.21 bits per heavy atom. The molecule has 2 aromatic carbocycles. The normalized spacial score (nSPS) is 11.1. The van der Waals surface area contributed by atoms with Crippen LogP contribution in [0.25, 0.3) is 0 Å². The van der Waals surface area contributed by atoms with Crippen LogP contribution in [-0.4, -0.2) is 7.11 Å². The third-order valence-electron chi connectivity index (χ3n) is 4.23. The number of hydrogen-bond acceptors (Lipinski definition) is 4. The molecule has 0 unspecified atom stereocenters. The Hall–Kier alpha value is -1.66. The van der Waals surface area contributed by atoms with E-state index in [1.54, 1.807) is 18.4 Å². The maximum absolute atomic E-state index is 5.32. The Kier molecular flexibility index (Phi) is 6.16. The molecule has 2 aromatic heterocycles. The molecule has 5 heteroatoms. The van der Waals surface area contributed by atoms with Gasteiger partial charge in [-0.1, -0.05) is 69.8 Å². The van der Waals surface area contributed by atoms with Gasteiger partial charge >= 0.3 is 0 Å². The highest BCUT2D eigenvalue weighted by Crippen LogP contribution is 2.43. The van der Waals surface area contributed by atoms with Crippen molar-refractivity contribution in [1.29, 1.82) is 0 Å². The summed E-state index contributed by atoms with van der Waals surface area (Å²) in [6, 6.07) is 26.6. The molecular formula is C23H21OS4+. The highest BCUT2D eigenvalue weighted by Gasteiger charge is 2.30. The van der Waals surface area contributed by atoms with Crippen molar-refractivity contribution in [1.82, 2.24) is 0 Å². The van der Waals surface area contributed by atoms with E-state index in [4.69, 9.17) is 4.74 Å². The van der Waals surface area contributed by atoms with Crippen LogP contribution in [0, 0.1) is 13.8 Å². The largest absolute Gasteiger partial charge is 0.487 e. The van der Waals surface area contributed by atoms with E-state index >= 15 is 0 Å². The molecule has 1 nitrogen and oxygen atoms in total. The Bertz CT molecular complexity index is 999. The molecule has 0 aliphatic heterocycles. The molecule has 4 aromatic rings. The second-order valence-electron chi connectivity index (χ2n) is 6.39. The number of aryl methyl sites for hydroxylation is 2. The summed E-state index contributed by atoms with van der Waals surface area (Å²) in [4.78, 5) is 2.73. The number of rotatable bonds is 6. The third-order valence-corrected chi connectivity index (χ3v) is 10.2. The minimum atomic E-state index is -0.0808. The number of thiophene rings is 2. The zero-order valence-electron chi connectivity index (χ0n) is 16.0. The van der Waals surface area contributed by atoms with Gasteiger partial charge in [0.15, 0.2) is 14.9 Å². The van der Waals surface area contributed by atoms with Crippen molar-refractivity contribution in [3.05, 3.63) is 83.9 Å². The molecule has 2 heterocycles. The second-order valence-corrected chi connectivity index (χ2v) is 12.4. The maximum atomic E-state index is 5.32. The van der Waals surface area contributed by atoms with Gasteiger partial charge in [-0.15, -0.1) is 0 Å². The fourth-order valence-corrected chi connectivity index (χ4v) is 8.89. The fraction of sp³-hybridized carbons (Fsp3) is 0.130. The number of ether oxygens (including phenoxy) is 1. The molecule has 0 aliphatic rings. The van der Waals surface area contributed by atoms with Gasteiger partial charge in [0.2, 0.25) is 4.21 Å². The summed E-state index contributed by atoms with van der Waals surface area (Å²) >= 11 is 5.40. The predicted molar refractivity (Wildman–Crippen MR) is 124 cm³/mol. The van der Waals surface area contributed by atoms with E-state index in [1.807, 2.05) is 29.2 Å². The Labute approximate surface area is 181 Å². The molecule has 0 saturated heterocycles. The van der Waals surface area contributed by atoms with Gasteiger partial charge in [0.1, 0.15) is 10.9 Å². The highest BCUT2D eigenvalue weighted by molar-refractivity contribution is 8.04. The van der Waals surface area contributed by atoms with E-state index in [0.717, 1.165) is 5.06 Å². The van der Waals surface area contributed by atoms with Crippen molar-refractivity contribution in [3.8, 4) is 5.06 Å². The molecule has 0 fully saturated rings. The first kappa shape index (κ1) is 19.6. The van der Waals surface area contributed by atoms with Gasteiger partial charge < -0.3 is 4.74 Å². The first-order valence-corrected chi connectivity index (χ1v) is 12.6. The summed E-state index contributed by atoms with van der Waals surface area (Å²) in [5, 5.41) is 0.957. The van der Waals surface area contributed by atoms with Crippen LogP contribution < -0.4 is 4.74 Å². The second kappa shape index (κ2) is 8.78. The van der Waals surface area contributed by atoms with Crippen LogP contribution in [0.5, 0.6) is 5.06 Å². The van der Waals surface area contributed by atoms with Crippen molar-refractivity contribution < 1.29 is 4.74 Å². The lowest BCUT2D eigenvalue weighted by Crippen LogP contribution is -2.02. The van der Waals surface area contributed by atoms with Gasteiger partial charge in [-0.3, -0.25) is 0 Å². The summed E-state index contributed by atoms with van der Waals surface area (Å²) in [6.07, 6.45) is 0. The zero-order chi connectivity index (χ0) is 19.5. The van der Waals surface area contributed by atoms with Crippen LogP contribution >= 0.6 is 34.4 Å². The smallest absolute Gasteiger partial charge is 0.221 e. The fourth-order valence-electron chi connectivity index (χ4n) is 2.75. The van der Waals surface area contributed by atoms with E-state index in [1.165, 1.54) is 33.5 Å². The van der Waals surface area contributed by atoms with E-state index < -0.39 is 0 Å². The first-order valence-electron chi connectivity index (χ1n) is 8.91. The Morgan fingerprint density at radius 1 is 0.679 bits per heavy atom. The monoisotopic (exact) mass is 441 g/mol. The SMILES string of the molecule is COc1ccc(Sc2ccc([S+](c3ccc(C)cc3)c3ccc(C)cc3)s2)s1. The van der Waals surface area contributed by atoms with Gasteiger partial charge in [0, 0.05) is 6.07 Å². The minimum Gasteiger partial charge on any atom is -0.487 e. The number of methoxy groups -OCH3 is 1. The van der Waals surface area contributed by atoms with Gasteiger partial charge in [-0.05, 0) is 56.3 Å². The quantitative estimate of drug-likeness (QED) is 0.284. The average molecular weight is 442 g/mol. The van der Waals surface area contributed by atoms with Crippen molar-refractivity contribution in [2.75, 3.05) is 7.11 Å². The summed E-state index contributed by atoms with van der Waals surface area (Å²) in [6.45, 7) is 4.28. The lowest BCUT2D eigenvalue weighted by molar-refractivity contribution is 0.427. The lowest BCUT2D eigenvalue weighted by Gasteiger charge is -2.06. The van der Waals surface area contributed by atoms with Crippen molar-refractivity contribution in [2.24, 2.45) is 0 Å². The predicted octanol–water partition coefficient (Wildman–Crippen LogP) is 7.68. The highest BCUT2D eigenvalue weighted by atomic mass is 32.2. The molecule has 0 spiro atoms. The molecule has 0 aliphatic carbocycles. The number of benzene rings is 2. The third kappa shape index (κ3) is 4.49. The van der Waals surface area contributed by atoms with Gasteiger partial charge in [-0.2, -0.15) is 0 Å². The average Bonchev–Trinajstić information content (AvgIpc) is 3.35. The van der Waals surface area contributed by atoms with Crippen LogP contribution in [0.4, 0.5) is 0 Å². The van der Waals surface area contributed by atoms with Gasteiger partial charge in [0.25, 0.3) is 0 Å².